The van der Waals surface area contributed by atoms with E-state index >= 15 is 0 Å². The lowest BCUT2D eigenvalue weighted by Crippen LogP contribution is -2.07. The summed E-state index contributed by atoms with van der Waals surface area (Å²) in [6.07, 6.45) is 0. The van der Waals surface area contributed by atoms with E-state index in [0.717, 1.165) is 70.9 Å². The van der Waals surface area contributed by atoms with E-state index in [1.165, 1.54) is 16.2 Å². The number of aromatic nitrogens is 5. The molecular formula is C45H27N5. The first-order valence-electron chi connectivity index (χ1n) is 16.9. The van der Waals surface area contributed by atoms with Crippen LogP contribution < -0.4 is 0 Å². The minimum Gasteiger partial charge on any atom is -0.354 e. The van der Waals surface area contributed by atoms with Crippen LogP contribution in [0.5, 0.6) is 0 Å². The monoisotopic (exact) mass is 637 g/mol. The van der Waals surface area contributed by atoms with Crippen molar-refractivity contribution in [2.24, 2.45) is 0 Å². The number of nitrogens with one attached hydrogen (secondary N) is 1. The first-order valence-corrected chi connectivity index (χ1v) is 16.9. The number of fused-ring (bicyclic) bond motifs is 13. The molecule has 0 saturated heterocycles. The second kappa shape index (κ2) is 10.3. The molecule has 232 valence electrons. The van der Waals surface area contributed by atoms with Crippen LogP contribution >= 0.6 is 0 Å². The van der Waals surface area contributed by atoms with Gasteiger partial charge >= 0.3 is 0 Å². The van der Waals surface area contributed by atoms with Crippen molar-refractivity contribution in [3.8, 4) is 28.7 Å². The fourth-order valence-corrected chi connectivity index (χ4v) is 7.99. The van der Waals surface area contributed by atoms with Crippen LogP contribution in [-0.2, 0) is 0 Å². The molecule has 8 aromatic carbocycles. The van der Waals surface area contributed by atoms with Gasteiger partial charge in [-0.15, -0.1) is 0 Å². The summed E-state index contributed by atoms with van der Waals surface area (Å²) >= 11 is 0. The van der Waals surface area contributed by atoms with Crippen molar-refractivity contribution in [2.45, 2.75) is 0 Å². The van der Waals surface area contributed by atoms with E-state index in [-0.39, 0.29) is 0 Å². The van der Waals surface area contributed by atoms with E-state index in [0.29, 0.717) is 17.6 Å². The van der Waals surface area contributed by atoms with Gasteiger partial charge in [-0.05, 0) is 22.2 Å². The van der Waals surface area contributed by atoms with Crippen LogP contribution in [0.4, 0.5) is 0 Å². The molecule has 5 heteroatoms. The maximum atomic E-state index is 5.40. The van der Waals surface area contributed by atoms with Crippen LogP contribution in [0.2, 0.25) is 0 Å². The van der Waals surface area contributed by atoms with Crippen molar-refractivity contribution < 1.29 is 0 Å². The van der Waals surface area contributed by atoms with E-state index in [1.807, 2.05) is 18.2 Å². The fourth-order valence-electron chi connectivity index (χ4n) is 7.99. The third-order valence-electron chi connectivity index (χ3n) is 10.1. The summed E-state index contributed by atoms with van der Waals surface area (Å²) in [5.41, 5.74) is 6.32. The molecule has 11 rings (SSSR count). The molecule has 0 fully saturated rings. The van der Waals surface area contributed by atoms with Crippen molar-refractivity contribution in [1.29, 1.82) is 0 Å². The molecule has 0 aliphatic rings. The van der Waals surface area contributed by atoms with Crippen LogP contribution in [0.25, 0.3) is 105 Å². The number of benzene rings is 8. The molecule has 0 aliphatic carbocycles. The molecule has 0 spiro atoms. The lowest BCUT2D eigenvalue weighted by Gasteiger charge is -2.14. The molecule has 50 heavy (non-hydrogen) atoms. The molecule has 0 amide bonds. The van der Waals surface area contributed by atoms with Gasteiger partial charge in [0.25, 0.3) is 0 Å². The first-order chi connectivity index (χ1) is 24.8. The minimum atomic E-state index is 0.586. The third-order valence-corrected chi connectivity index (χ3v) is 10.1. The zero-order valence-corrected chi connectivity index (χ0v) is 26.8. The van der Waals surface area contributed by atoms with Crippen LogP contribution in [-0.4, -0.2) is 24.5 Å². The van der Waals surface area contributed by atoms with E-state index < -0.39 is 0 Å². The molecule has 0 radical (unpaired) electrons. The van der Waals surface area contributed by atoms with E-state index in [4.69, 9.17) is 15.0 Å². The highest BCUT2D eigenvalue weighted by atomic mass is 15.2. The van der Waals surface area contributed by atoms with Gasteiger partial charge < -0.3 is 4.98 Å². The summed E-state index contributed by atoms with van der Waals surface area (Å²) in [7, 11) is 0. The summed E-state index contributed by atoms with van der Waals surface area (Å²) in [4.78, 5) is 19.7. The second-order valence-electron chi connectivity index (χ2n) is 12.9. The maximum absolute atomic E-state index is 5.40. The van der Waals surface area contributed by atoms with Crippen molar-refractivity contribution in [2.75, 3.05) is 0 Å². The number of aromatic amines is 1. The van der Waals surface area contributed by atoms with Crippen LogP contribution in [0.15, 0.2) is 158 Å². The summed E-state index contributed by atoms with van der Waals surface area (Å²) in [6, 6.07) is 55.4. The predicted molar refractivity (Wildman–Crippen MR) is 207 cm³/mol. The van der Waals surface area contributed by atoms with Gasteiger partial charge in [-0.3, -0.25) is 4.57 Å². The van der Waals surface area contributed by atoms with Gasteiger partial charge in [0.1, 0.15) is 0 Å². The third kappa shape index (κ3) is 3.80. The molecule has 5 nitrogen and oxygen atoms in total. The maximum Gasteiger partial charge on any atom is 0.238 e. The molecule has 0 aliphatic heterocycles. The zero-order chi connectivity index (χ0) is 32.8. The lowest BCUT2D eigenvalue weighted by atomic mass is 9.98. The average molecular weight is 638 g/mol. The topological polar surface area (TPSA) is 59.4 Å². The van der Waals surface area contributed by atoms with E-state index in [1.54, 1.807) is 0 Å². The number of hydrogen-bond donors (Lipinski definition) is 1. The number of nitrogens with zero attached hydrogens (tertiary/aromatic N) is 4. The highest BCUT2D eigenvalue weighted by Gasteiger charge is 2.25. The number of para-hydroxylation sites is 1. The summed E-state index contributed by atoms with van der Waals surface area (Å²) < 4.78 is 2.30. The Labute approximate surface area is 286 Å². The Balaban J connectivity index is 1.39. The highest BCUT2D eigenvalue weighted by Crippen LogP contribution is 2.46. The Morgan fingerprint density at radius 1 is 0.400 bits per heavy atom. The van der Waals surface area contributed by atoms with Gasteiger partial charge in [0.05, 0.1) is 16.6 Å². The highest BCUT2D eigenvalue weighted by molar-refractivity contribution is 6.38. The van der Waals surface area contributed by atoms with Gasteiger partial charge in [-0.2, -0.15) is 9.97 Å². The van der Waals surface area contributed by atoms with Crippen molar-refractivity contribution in [3.05, 3.63) is 158 Å². The summed E-state index contributed by atoms with van der Waals surface area (Å²) in [6.45, 7) is 0. The molecule has 0 atom stereocenters. The molecular weight excluding hydrogens is 611 g/mol. The zero-order valence-electron chi connectivity index (χ0n) is 26.8. The van der Waals surface area contributed by atoms with Crippen LogP contribution in [0.1, 0.15) is 0 Å². The Hall–Kier alpha value is -6.85. The number of H-pyrrole nitrogens is 1. The molecule has 1 N–H and O–H groups in total. The quantitative estimate of drug-likeness (QED) is 0.210. The van der Waals surface area contributed by atoms with Crippen molar-refractivity contribution in [3.63, 3.8) is 0 Å². The largest absolute Gasteiger partial charge is 0.354 e. The van der Waals surface area contributed by atoms with Gasteiger partial charge in [-0.1, -0.05) is 152 Å². The summed E-state index contributed by atoms with van der Waals surface area (Å²) in [5.74, 6) is 1.85. The van der Waals surface area contributed by atoms with Gasteiger partial charge in [0, 0.05) is 54.3 Å². The SMILES string of the molecule is c1ccc(-c2nc(-c3cccc4ccccc34)nc(-n3c4c5ccccc5ccc4c4c5c6ccccc6[nH]c5c5ccccc5c43)n2)cc1. The Kier molecular flexibility index (Phi) is 5.60. The lowest BCUT2D eigenvalue weighted by molar-refractivity contribution is 0.958. The fraction of sp³-hybridized carbons (Fsp3) is 0. The normalized spacial score (nSPS) is 12.0. The van der Waals surface area contributed by atoms with Crippen LogP contribution in [0.3, 0.4) is 0 Å². The van der Waals surface area contributed by atoms with Crippen molar-refractivity contribution >= 4 is 75.9 Å². The average Bonchev–Trinajstić information content (AvgIpc) is 3.75. The van der Waals surface area contributed by atoms with E-state index in [2.05, 4.69) is 149 Å². The van der Waals surface area contributed by atoms with Gasteiger partial charge in [0.15, 0.2) is 11.6 Å². The Bertz CT molecular complexity index is 3150. The molecule has 3 heterocycles. The molecule has 0 bridgehead atoms. The second-order valence-corrected chi connectivity index (χ2v) is 12.9. The number of rotatable bonds is 3. The molecule has 0 unspecified atom stereocenters. The summed E-state index contributed by atoms with van der Waals surface area (Å²) in [5, 5.41) is 11.6. The Morgan fingerprint density at radius 3 is 1.88 bits per heavy atom. The van der Waals surface area contributed by atoms with Gasteiger partial charge in [0.2, 0.25) is 5.95 Å². The van der Waals surface area contributed by atoms with Crippen molar-refractivity contribution in [1.82, 2.24) is 24.5 Å². The smallest absolute Gasteiger partial charge is 0.238 e. The van der Waals surface area contributed by atoms with E-state index in [9.17, 15) is 0 Å². The minimum absolute atomic E-state index is 0.586. The van der Waals surface area contributed by atoms with Crippen LogP contribution in [0, 0.1) is 0 Å². The predicted octanol–water partition coefficient (Wildman–Crippen LogP) is 11.4. The molecule has 3 aromatic heterocycles. The standard InChI is InChI=1S/C45H27N5/c1-2-15-29(16-3-1)43-47-44(34-23-12-17-27-13-4-6-18-30(27)34)49-45(48-43)50-41-31-19-7-5-14-28(31)25-26-36(41)39-38-35-22-10-11-24-37(35)46-40(38)32-20-8-9-21-33(32)42(39)50/h1-26,46H. The first kappa shape index (κ1) is 27.1. The Morgan fingerprint density at radius 2 is 1.04 bits per heavy atom. The number of hydrogen-bond acceptors (Lipinski definition) is 3. The molecule has 11 aromatic rings. The molecule has 0 saturated carbocycles. The van der Waals surface area contributed by atoms with Gasteiger partial charge in [-0.25, -0.2) is 4.98 Å².